The first-order valence-electron chi connectivity index (χ1n) is 7.69. The van der Waals surface area contributed by atoms with E-state index in [4.69, 9.17) is 0 Å². The predicted octanol–water partition coefficient (Wildman–Crippen LogP) is 2.38. The Balaban J connectivity index is 0.000000924. The Morgan fingerprint density at radius 3 is 2.30 bits per heavy atom. The van der Waals surface area contributed by atoms with Crippen LogP contribution in [0.15, 0.2) is 28.8 Å². The number of amidine groups is 1. The second-order valence-corrected chi connectivity index (χ2v) is 6.44. The first-order chi connectivity index (χ1) is 11.2. The van der Waals surface area contributed by atoms with Gasteiger partial charge in [-0.05, 0) is 44.4 Å². The van der Waals surface area contributed by atoms with Gasteiger partial charge in [0.15, 0.2) is 0 Å². The van der Waals surface area contributed by atoms with Crippen LogP contribution in [0.5, 0.6) is 0 Å². The van der Waals surface area contributed by atoms with Gasteiger partial charge in [-0.2, -0.15) is 0 Å². The molecule has 0 N–H and O–H groups in total. The van der Waals surface area contributed by atoms with Crippen LogP contribution >= 0.6 is 10.1 Å². The standard InChI is InChI=1S/C15H21N5S.ClH.Cu/c1-11(14-8-16-6-7-17-14)18-19-15(21)20-9-12-2-3-13(10-20)5-4-12;;/h6-8,12-13H,2-5,9-10H2,1H3,(H,19,21);1H;/q;;+2. The van der Waals surface area contributed by atoms with Crippen molar-refractivity contribution in [3.05, 3.63) is 24.3 Å². The van der Waals surface area contributed by atoms with Crippen molar-refractivity contribution < 1.29 is 15.1 Å². The Morgan fingerprint density at radius 1 is 1.17 bits per heavy atom. The molecule has 4 rings (SSSR count). The van der Waals surface area contributed by atoms with Crippen molar-refractivity contribution in [3.63, 3.8) is 0 Å². The molecular formula is C15H22ClCuN5S+2. The molecule has 1 aromatic heterocycles. The molecule has 5 nitrogen and oxygen atoms in total. The Labute approximate surface area is 155 Å². The van der Waals surface area contributed by atoms with Crippen LogP contribution in [-0.2, 0) is 27.7 Å². The van der Waals surface area contributed by atoms with Crippen molar-refractivity contribution in [2.75, 3.05) is 13.1 Å². The quantitative estimate of drug-likeness (QED) is 0.251. The Bertz CT molecular complexity index is 532. The number of rotatable bonds is 2. The molecule has 1 aliphatic carbocycles. The van der Waals surface area contributed by atoms with Gasteiger partial charge in [0, 0.05) is 38.1 Å². The molecule has 0 unspecified atom stereocenters. The molecule has 1 saturated carbocycles. The zero-order chi connectivity index (χ0) is 16.7. The molecule has 3 fully saturated rings. The van der Waals surface area contributed by atoms with E-state index in [0.717, 1.165) is 41.5 Å². The van der Waals surface area contributed by atoms with E-state index < -0.39 is 0 Å². The molecule has 0 radical (unpaired) electrons. The van der Waals surface area contributed by atoms with Gasteiger partial charge >= 0.3 is 30.4 Å². The zero-order valence-electron chi connectivity index (χ0n) is 13.0. The van der Waals surface area contributed by atoms with Gasteiger partial charge in [0.2, 0.25) is 0 Å². The summed E-state index contributed by atoms with van der Waals surface area (Å²) >= 11 is 7.31. The van der Waals surface area contributed by atoms with Gasteiger partial charge in [0.05, 0.1) is 11.9 Å². The first kappa shape index (κ1) is 18.7. The summed E-state index contributed by atoms with van der Waals surface area (Å²) in [5.74, 6) is 1.63. The number of aromatic nitrogens is 2. The van der Waals surface area contributed by atoms with E-state index in [1.54, 1.807) is 18.6 Å². The monoisotopic (exact) mass is 402 g/mol. The normalized spacial score (nSPS) is 24.8. The summed E-state index contributed by atoms with van der Waals surface area (Å²) in [5, 5.41) is 9.45. The summed E-state index contributed by atoms with van der Waals surface area (Å²) < 4.78 is 0. The van der Waals surface area contributed by atoms with Crippen LogP contribution in [0.4, 0.5) is 0 Å². The van der Waals surface area contributed by atoms with Crippen molar-refractivity contribution in [2.45, 2.75) is 32.6 Å². The van der Waals surface area contributed by atoms with Crippen molar-refractivity contribution >= 4 is 33.6 Å². The molecule has 2 saturated heterocycles. The number of fused-ring (bicyclic) bond motifs is 4. The Morgan fingerprint density at radius 2 is 1.78 bits per heavy atom. The number of nitrogens with zero attached hydrogens (tertiary/aromatic N) is 5. The fourth-order valence-corrected chi connectivity index (χ4v) is 3.42. The van der Waals surface area contributed by atoms with Crippen LogP contribution in [0.2, 0.25) is 0 Å². The second-order valence-electron chi connectivity index (χ2n) is 5.99. The first-order valence-corrected chi connectivity index (χ1v) is 9.48. The molecule has 2 aliphatic heterocycles. The van der Waals surface area contributed by atoms with Gasteiger partial charge in [-0.25, -0.2) is 0 Å². The summed E-state index contributed by atoms with van der Waals surface area (Å²) in [6.45, 7) is 4.09. The molecule has 0 atom stereocenters. The van der Waals surface area contributed by atoms with Crippen molar-refractivity contribution in [1.82, 2.24) is 14.9 Å². The summed E-state index contributed by atoms with van der Waals surface area (Å²) in [6.07, 6.45) is 10.5. The van der Waals surface area contributed by atoms with Gasteiger partial charge < -0.3 is 4.90 Å². The van der Waals surface area contributed by atoms with Gasteiger partial charge in [0.25, 0.3) is 0 Å². The van der Waals surface area contributed by atoms with E-state index in [1.807, 2.05) is 6.92 Å². The summed E-state index contributed by atoms with van der Waals surface area (Å²) in [4.78, 5) is 10.6. The van der Waals surface area contributed by atoms with Crippen LogP contribution in [0, 0.1) is 11.8 Å². The molecule has 23 heavy (non-hydrogen) atoms. The van der Waals surface area contributed by atoms with Crippen LogP contribution in [0.1, 0.15) is 38.3 Å². The van der Waals surface area contributed by atoms with Crippen LogP contribution in [-0.4, -0.2) is 38.8 Å². The molecule has 8 heteroatoms. The molecule has 0 amide bonds. The third-order valence-electron chi connectivity index (χ3n) is 4.45. The van der Waals surface area contributed by atoms with Gasteiger partial charge in [-0.3, -0.25) is 9.97 Å². The predicted molar refractivity (Wildman–Crippen MR) is 94.7 cm³/mol. The molecule has 3 heterocycles. The molecule has 1 aromatic rings. The van der Waals surface area contributed by atoms with Crippen molar-refractivity contribution in [2.24, 2.45) is 22.0 Å². The maximum absolute atomic E-state index is 4.34. The van der Waals surface area contributed by atoms with Crippen LogP contribution in [0.3, 0.4) is 0 Å². The minimum atomic E-state index is 0.761. The van der Waals surface area contributed by atoms with Crippen LogP contribution < -0.4 is 0 Å². The maximum atomic E-state index is 4.34. The fourth-order valence-electron chi connectivity index (χ4n) is 3.19. The molecule has 3 aliphatic rings. The van der Waals surface area contributed by atoms with E-state index in [2.05, 4.69) is 62.9 Å². The van der Waals surface area contributed by atoms with E-state index in [1.165, 1.54) is 25.7 Å². The van der Waals surface area contributed by atoms with Gasteiger partial charge in [0.1, 0.15) is 5.69 Å². The minimum absolute atomic E-state index is 0.761. The van der Waals surface area contributed by atoms with E-state index >= 15 is 0 Å². The summed E-state index contributed by atoms with van der Waals surface area (Å²) in [7, 11) is 4.20. The molecule has 0 aromatic carbocycles. The average Bonchev–Trinajstić information content (AvgIpc) is 2.96. The average molecular weight is 403 g/mol. The number of hydrogen-bond donors (Lipinski definition) is 0. The van der Waals surface area contributed by atoms with Gasteiger partial charge in [-0.15, -0.1) is 5.10 Å². The topological polar surface area (TPSA) is 53.7 Å². The van der Waals surface area contributed by atoms with E-state index in [0.29, 0.717) is 0 Å². The van der Waals surface area contributed by atoms with Crippen molar-refractivity contribution in [3.8, 4) is 0 Å². The number of hydrogen-bond acceptors (Lipinski definition) is 4. The van der Waals surface area contributed by atoms with Gasteiger partial charge in [-0.1, -0.05) is 5.10 Å². The third-order valence-corrected chi connectivity index (χ3v) is 4.87. The third kappa shape index (κ3) is 5.45. The second kappa shape index (κ2) is 9.62. The zero-order valence-corrected chi connectivity index (χ0v) is 15.7. The van der Waals surface area contributed by atoms with Crippen molar-refractivity contribution in [1.29, 1.82) is 0 Å². The fraction of sp³-hybridized carbons (Fsp3) is 0.600. The number of halogens is 1. The summed E-state index contributed by atoms with van der Waals surface area (Å²) in [6, 6.07) is 0. The van der Waals surface area contributed by atoms with E-state index in [-0.39, 0.29) is 0 Å². The summed E-state index contributed by atoms with van der Waals surface area (Å²) in [5.41, 5.74) is 1.54. The Hall–Kier alpha value is -0.621. The molecule has 129 valence electrons. The molecular weight excluding hydrogens is 381 g/mol. The molecule has 0 spiro atoms. The van der Waals surface area contributed by atoms with Crippen LogP contribution in [0.25, 0.3) is 0 Å². The van der Waals surface area contributed by atoms with E-state index in [9.17, 15) is 0 Å². The Kier molecular flexibility index (Phi) is 7.83. The SMILES string of the molecule is CC(=NN=C([SH2+])N1CC2CCC(CC2)C1)c1cnccn1.[Cl][Cu+]. The molecule has 2 bridgehead atoms.